The number of benzene rings is 1. The van der Waals surface area contributed by atoms with Crippen molar-refractivity contribution < 1.29 is 14.3 Å². The molecule has 1 heterocycles. The molecule has 0 unspecified atom stereocenters. The van der Waals surface area contributed by atoms with Crippen molar-refractivity contribution in [2.45, 2.75) is 38.3 Å². The Labute approximate surface area is 248 Å². The van der Waals surface area contributed by atoms with E-state index >= 15 is 0 Å². The van der Waals surface area contributed by atoms with Gasteiger partial charge in [0.2, 0.25) is 17.8 Å². The number of methoxy groups -OCH3 is 1. The van der Waals surface area contributed by atoms with Gasteiger partial charge in [-0.3, -0.25) is 9.59 Å². The van der Waals surface area contributed by atoms with Crippen LogP contribution in [0.1, 0.15) is 37.3 Å². The lowest BCUT2D eigenvalue weighted by molar-refractivity contribution is -0.135. The van der Waals surface area contributed by atoms with Crippen LogP contribution in [-0.4, -0.2) is 91.6 Å². The average molecular weight is 573 g/mol. The SMILES string of the molecule is COCCCNc1nc(Nc2ccc(C#N)cc2)ncc1C#C[C@H]1C[C@@H](NC(=O)[C@H](C)N(C)C(=O)/C=C/CN(C)C)C1. The van der Waals surface area contributed by atoms with Gasteiger partial charge in [-0.25, -0.2) is 4.98 Å². The van der Waals surface area contributed by atoms with E-state index < -0.39 is 6.04 Å². The van der Waals surface area contributed by atoms with Crippen molar-refractivity contribution in [2.75, 3.05) is 58.6 Å². The summed E-state index contributed by atoms with van der Waals surface area (Å²) in [5.41, 5.74) is 2.03. The van der Waals surface area contributed by atoms with E-state index in [9.17, 15) is 9.59 Å². The number of carbonyl (C=O) groups excluding carboxylic acids is 2. The van der Waals surface area contributed by atoms with E-state index in [1.165, 1.54) is 11.0 Å². The molecule has 0 spiro atoms. The molecule has 2 aromatic rings. The number of nitrogens with zero attached hydrogens (tertiary/aromatic N) is 5. The molecule has 1 aliphatic rings. The highest BCUT2D eigenvalue weighted by Crippen LogP contribution is 2.27. The number of likely N-dealkylation sites (N-methyl/N-ethyl adjacent to an activating group) is 2. The quantitative estimate of drug-likeness (QED) is 0.188. The maximum absolute atomic E-state index is 12.7. The topological polar surface area (TPSA) is 136 Å². The summed E-state index contributed by atoms with van der Waals surface area (Å²) in [6.07, 6.45) is 7.25. The van der Waals surface area contributed by atoms with E-state index in [2.05, 4.69) is 43.8 Å². The molecule has 3 rings (SSSR count). The van der Waals surface area contributed by atoms with Crippen LogP contribution in [0.25, 0.3) is 0 Å². The molecule has 0 saturated heterocycles. The number of hydrogen-bond acceptors (Lipinski definition) is 9. The third-order valence-electron chi connectivity index (χ3n) is 6.81. The Morgan fingerprint density at radius 2 is 1.95 bits per heavy atom. The van der Waals surface area contributed by atoms with Crippen molar-refractivity contribution in [1.29, 1.82) is 5.26 Å². The first-order valence-electron chi connectivity index (χ1n) is 14.0. The van der Waals surface area contributed by atoms with Crippen molar-refractivity contribution in [3.8, 4) is 17.9 Å². The Morgan fingerprint density at radius 3 is 2.62 bits per heavy atom. The normalized spacial score (nSPS) is 16.5. The first kappa shape index (κ1) is 32.1. The van der Waals surface area contributed by atoms with Crippen LogP contribution in [-0.2, 0) is 14.3 Å². The standard InChI is InChI=1S/C31H40N8O3/c1-22(39(4)28(40)8-6-16-38(2)3)30(41)35-27-18-24(19-27)9-12-25-21-34-31(37-29(25)33-15-7-17-42-5)36-26-13-10-23(20-32)11-14-26/h6,8,10-11,13-14,21-22,24,27H,7,15-19H2,1-5H3,(H,35,41)(H2,33,34,36,37)/b8-6+/t22-,24-,27+/m0/s1. The highest BCUT2D eigenvalue weighted by molar-refractivity contribution is 5.92. The maximum atomic E-state index is 12.7. The molecule has 42 heavy (non-hydrogen) atoms. The molecule has 1 fully saturated rings. The van der Waals surface area contributed by atoms with Crippen LogP contribution in [0.2, 0.25) is 0 Å². The first-order chi connectivity index (χ1) is 20.2. The second kappa shape index (κ2) is 16.1. The summed E-state index contributed by atoms with van der Waals surface area (Å²) < 4.78 is 5.14. The fraction of sp³-hybridized carbons (Fsp3) is 0.452. The Morgan fingerprint density at radius 1 is 1.21 bits per heavy atom. The number of rotatable bonds is 13. The minimum Gasteiger partial charge on any atom is -0.385 e. The Hall–Kier alpha value is -4.45. The second-order valence-corrected chi connectivity index (χ2v) is 10.5. The molecule has 1 saturated carbocycles. The Bertz CT molecular complexity index is 1330. The number of nitriles is 1. The van der Waals surface area contributed by atoms with Gasteiger partial charge in [-0.2, -0.15) is 10.2 Å². The molecule has 1 aromatic carbocycles. The number of aromatic nitrogens is 2. The predicted molar refractivity (Wildman–Crippen MR) is 163 cm³/mol. The van der Waals surface area contributed by atoms with Crippen LogP contribution in [0.4, 0.5) is 17.5 Å². The number of amides is 2. The summed E-state index contributed by atoms with van der Waals surface area (Å²) in [7, 11) is 7.15. The van der Waals surface area contributed by atoms with Crippen molar-refractivity contribution in [3.63, 3.8) is 0 Å². The van der Waals surface area contributed by atoms with Crippen molar-refractivity contribution in [3.05, 3.63) is 53.7 Å². The van der Waals surface area contributed by atoms with Crippen molar-refractivity contribution in [2.24, 2.45) is 5.92 Å². The summed E-state index contributed by atoms with van der Waals surface area (Å²) in [5, 5.41) is 18.5. The molecule has 0 aliphatic heterocycles. The third-order valence-corrected chi connectivity index (χ3v) is 6.81. The summed E-state index contributed by atoms with van der Waals surface area (Å²) in [6, 6.07) is 8.60. The summed E-state index contributed by atoms with van der Waals surface area (Å²) >= 11 is 0. The van der Waals surface area contributed by atoms with Crippen LogP contribution >= 0.6 is 0 Å². The van der Waals surface area contributed by atoms with Crippen LogP contribution in [0, 0.1) is 29.1 Å². The molecule has 0 bridgehead atoms. The lowest BCUT2D eigenvalue weighted by Crippen LogP contribution is -2.51. The van der Waals surface area contributed by atoms with Crippen LogP contribution in [0.5, 0.6) is 0 Å². The number of hydrogen-bond donors (Lipinski definition) is 3. The van der Waals surface area contributed by atoms with E-state index in [4.69, 9.17) is 10.00 Å². The zero-order chi connectivity index (χ0) is 30.5. The van der Waals surface area contributed by atoms with Gasteiger partial charge < -0.3 is 30.5 Å². The molecule has 1 aromatic heterocycles. The van der Waals surface area contributed by atoms with E-state index in [0.717, 1.165) is 24.9 Å². The van der Waals surface area contributed by atoms with Crippen molar-refractivity contribution >= 4 is 29.3 Å². The van der Waals surface area contributed by atoms with E-state index in [-0.39, 0.29) is 23.8 Å². The smallest absolute Gasteiger partial charge is 0.246 e. The minimum atomic E-state index is -0.577. The first-order valence-corrected chi connectivity index (χ1v) is 14.0. The molecule has 1 atom stereocenters. The Balaban J connectivity index is 1.57. The maximum Gasteiger partial charge on any atom is 0.246 e. The molecular formula is C31H40N8O3. The number of nitrogens with one attached hydrogen (secondary N) is 3. The molecule has 11 nitrogen and oxygen atoms in total. The van der Waals surface area contributed by atoms with Gasteiger partial charge >= 0.3 is 0 Å². The van der Waals surface area contributed by atoms with E-state index in [1.807, 2.05) is 19.0 Å². The van der Waals surface area contributed by atoms with Crippen LogP contribution in [0.15, 0.2) is 42.6 Å². The molecule has 0 radical (unpaired) electrons. The molecule has 3 N–H and O–H groups in total. The van der Waals surface area contributed by atoms with Gasteiger partial charge in [-0.1, -0.05) is 17.9 Å². The minimum absolute atomic E-state index is 0.0222. The molecule has 222 valence electrons. The van der Waals surface area contributed by atoms with Gasteiger partial charge in [0.25, 0.3) is 0 Å². The van der Waals surface area contributed by atoms with E-state index in [1.54, 1.807) is 57.6 Å². The third kappa shape index (κ3) is 9.88. The zero-order valence-corrected chi connectivity index (χ0v) is 25.0. The molecule has 1 aliphatic carbocycles. The van der Waals surface area contributed by atoms with Crippen LogP contribution < -0.4 is 16.0 Å². The summed E-state index contributed by atoms with van der Waals surface area (Å²) in [5.74, 6) is 7.29. The van der Waals surface area contributed by atoms with Gasteiger partial charge in [-0.15, -0.1) is 0 Å². The number of ether oxygens (including phenoxy) is 1. The largest absolute Gasteiger partial charge is 0.385 e. The van der Waals surface area contributed by atoms with Gasteiger partial charge in [0.05, 0.1) is 23.4 Å². The van der Waals surface area contributed by atoms with Gasteiger partial charge in [0.15, 0.2) is 0 Å². The van der Waals surface area contributed by atoms with E-state index in [0.29, 0.717) is 42.6 Å². The monoisotopic (exact) mass is 572 g/mol. The average Bonchev–Trinajstić information content (AvgIpc) is 2.96. The highest BCUT2D eigenvalue weighted by atomic mass is 16.5. The van der Waals surface area contributed by atoms with Crippen LogP contribution in [0.3, 0.4) is 0 Å². The number of carbonyl (C=O) groups is 2. The zero-order valence-electron chi connectivity index (χ0n) is 25.0. The summed E-state index contributed by atoms with van der Waals surface area (Å²) in [4.78, 5) is 37.5. The lowest BCUT2D eigenvalue weighted by Gasteiger charge is -2.34. The fourth-order valence-electron chi connectivity index (χ4n) is 4.05. The lowest BCUT2D eigenvalue weighted by atomic mass is 9.80. The van der Waals surface area contributed by atoms with Gasteiger partial charge in [0.1, 0.15) is 11.9 Å². The fourth-order valence-corrected chi connectivity index (χ4v) is 4.05. The van der Waals surface area contributed by atoms with Gasteiger partial charge in [0, 0.05) is 57.6 Å². The molecule has 2 amide bonds. The number of anilines is 3. The second-order valence-electron chi connectivity index (χ2n) is 10.5. The van der Waals surface area contributed by atoms with Crippen molar-refractivity contribution in [1.82, 2.24) is 25.1 Å². The summed E-state index contributed by atoms with van der Waals surface area (Å²) in [6.45, 7) is 3.67. The predicted octanol–water partition coefficient (Wildman–Crippen LogP) is 2.75. The Kier molecular flexibility index (Phi) is 12.3. The highest BCUT2D eigenvalue weighted by Gasteiger charge is 2.31. The molecular weight excluding hydrogens is 532 g/mol. The van der Waals surface area contributed by atoms with Gasteiger partial charge in [-0.05, 0) is 64.5 Å². The molecule has 11 heteroatoms.